The van der Waals surface area contributed by atoms with E-state index in [9.17, 15) is 13.2 Å². The number of hydrogen-bond acceptors (Lipinski definition) is 4. The molecule has 4 nitrogen and oxygen atoms in total. The SMILES string of the molecule is FC(F)(F)c1cc(NCc2nc(C3CC3)no2)ccc1-c1ccccc1. The Balaban J connectivity index is 1.56. The molecule has 0 spiro atoms. The van der Waals surface area contributed by atoms with Crippen molar-refractivity contribution in [1.82, 2.24) is 10.1 Å². The number of nitrogens with zero attached hydrogens (tertiary/aromatic N) is 2. The highest BCUT2D eigenvalue weighted by Crippen LogP contribution is 2.39. The van der Waals surface area contributed by atoms with Crippen molar-refractivity contribution < 1.29 is 17.7 Å². The number of benzene rings is 2. The van der Waals surface area contributed by atoms with Gasteiger partial charge < -0.3 is 9.84 Å². The van der Waals surface area contributed by atoms with Gasteiger partial charge in [0.1, 0.15) is 0 Å². The Morgan fingerprint density at radius 2 is 1.85 bits per heavy atom. The summed E-state index contributed by atoms with van der Waals surface area (Å²) in [6.45, 7) is 0.182. The third-order valence-electron chi connectivity index (χ3n) is 4.28. The van der Waals surface area contributed by atoms with E-state index in [0.717, 1.165) is 18.9 Å². The number of hydrogen-bond donors (Lipinski definition) is 1. The third kappa shape index (κ3) is 3.56. The van der Waals surface area contributed by atoms with Crippen molar-refractivity contribution in [3.63, 3.8) is 0 Å². The Hall–Kier alpha value is -2.83. The molecule has 1 N–H and O–H groups in total. The van der Waals surface area contributed by atoms with Crippen molar-refractivity contribution >= 4 is 5.69 Å². The second kappa shape index (κ2) is 6.48. The van der Waals surface area contributed by atoms with Gasteiger partial charge in [-0.15, -0.1) is 0 Å². The van der Waals surface area contributed by atoms with Crippen LogP contribution < -0.4 is 5.32 Å². The van der Waals surface area contributed by atoms with Crippen LogP contribution in [0.25, 0.3) is 11.1 Å². The molecule has 0 unspecified atom stereocenters. The topological polar surface area (TPSA) is 51.0 Å². The highest BCUT2D eigenvalue weighted by Gasteiger charge is 2.34. The highest BCUT2D eigenvalue weighted by atomic mass is 19.4. The van der Waals surface area contributed by atoms with Crippen LogP contribution in [0, 0.1) is 0 Å². The molecule has 0 amide bonds. The summed E-state index contributed by atoms with van der Waals surface area (Å²) >= 11 is 0. The van der Waals surface area contributed by atoms with Gasteiger partial charge in [-0.1, -0.05) is 41.6 Å². The number of alkyl halides is 3. The van der Waals surface area contributed by atoms with E-state index in [1.165, 1.54) is 6.07 Å². The van der Waals surface area contributed by atoms with Crippen LogP contribution in [-0.2, 0) is 12.7 Å². The molecule has 0 radical (unpaired) electrons. The maximum absolute atomic E-state index is 13.5. The summed E-state index contributed by atoms with van der Waals surface area (Å²) in [7, 11) is 0. The van der Waals surface area contributed by atoms with Crippen LogP contribution >= 0.6 is 0 Å². The second-order valence-corrected chi connectivity index (χ2v) is 6.30. The Kier molecular flexibility index (Phi) is 4.14. The lowest BCUT2D eigenvalue weighted by atomic mass is 9.98. The van der Waals surface area contributed by atoms with E-state index in [1.807, 2.05) is 0 Å². The first-order valence-corrected chi connectivity index (χ1v) is 8.34. The van der Waals surface area contributed by atoms with E-state index in [2.05, 4.69) is 15.5 Å². The minimum Gasteiger partial charge on any atom is -0.376 e. The summed E-state index contributed by atoms with van der Waals surface area (Å²) in [6, 6.07) is 12.7. The predicted octanol–water partition coefficient (Wildman–Crippen LogP) is 5.24. The maximum atomic E-state index is 13.5. The Morgan fingerprint density at radius 1 is 1.08 bits per heavy atom. The summed E-state index contributed by atoms with van der Waals surface area (Å²) < 4.78 is 45.7. The number of rotatable bonds is 5. The lowest BCUT2D eigenvalue weighted by Crippen LogP contribution is -2.09. The van der Waals surface area contributed by atoms with Crippen LogP contribution in [0.4, 0.5) is 18.9 Å². The van der Waals surface area contributed by atoms with Crippen LogP contribution in [0.3, 0.4) is 0 Å². The van der Waals surface area contributed by atoms with Gasteiger partial charge in [-0.25, -0.2) is 0 Å². The van der Waals surface area contributed by atoms with Crippen molar-refractivity contribution in [1.29, 1.82) is 0 Å². The summed E-state index contributed by atoms with van der Waals surface area (Å²) in [5, 5.41) is 6.82. The lowest BCUT2D eigenvalue weighted by molar-refractivity contribution is -0.137. The van der Waals surface area contributed by atoms with Gasteiger partial charge in [0.15, 0.2) is 5.82 Å². The van der Waals surface area contributed by atoms with Gasteiger partial charge in [0.05, 0.1) is 12.1 Å². The summed E-state index contributed by atoms with van der Waals surface area (Å²) in [6.07, 6.45) is -2.34. The summed E-state index contributed by atoms with van der Waals surface area (Å²) in [4.78, 5) is 4.26. The molecule has 1 saturated carbocycles. The fourth-order valence-corrected chi connectivity index (χ4v) is 2.78. The van der Waals surface area contributed by atoms with Gasteiger partial charge in [0, 0.05) is 11.6 Å². The molecule has 1 fully saturated rings. The predicted molar refractivity (Wildman–Crippen MR) is 90.5 cm³/mol. The van der Waals surface area contributed by atoms with Crippen molar-refractivity contribution in [2.75, 3.05) is 5.32 Å². The number of aromatic nitrogens is 2. The minimum absolute atomic E-state index is 0.150. The number of nitrogens with one attached hydrogen (secondary N) is 1. The van der Waals surface area contributed by atoms with E-state index >= 15 is 0 Å². The van der Waals surface area contributed by atoms with Gasteiger partial charge >= 0.3 is 6.18 Å². The molecule has 0 bridgehead atoms. The van der Waals surface area contributed by atoms with E-state index in [4.69, 9.17) is 4.52 Å². The van der Waals surface area contributed by atoms with Crippen LogP contribution in [0.2, 0.25) is 0 Å². The van der Waals surface area contributed by atoms with Crippen LogP contribution in [-0.4, -0.2) is 10.1 Å². The molecule has 4 rings (SSSR count). The first-order valence-electron chi connectivity index (χ1n) is 8.34. The van der Waals surface area contributed by atoms with Crippen molar-refractivity contribution in [2.24, 2.45) is 0 Å². The zero-order chi connectivity index (χ0) is 18.1. The summed E-state index contributed by atoms with van der Waals surface area (Å²) in [5.41, 5.74) is 0.343. The van der Waals surface area contributed by atoms with Gasteiger partial charge in [-0.05, 0) is 36.1 Å². The molecule has 7 heteroatoms. The summed E-state index contributed by atoms with van der Waals surface area (Å²) in [5.74, 6) is 1.42. The van der Waals surface area contributed by atoms with E-state index < -0.39 is 11.7 Å². The van der Waals surface area contributed by atoms with Crippen molar-refractivity contribution in [3.05, 3.63) is 65.8 Å². The van der Waals surface area contributed by atoms with E-state index in [1.54, 1.807) is 36.4 Å². The highest BCUT2D eigenvalue weighted by molar-refractivity contribution is 5.71. The standard InChI is InChI=1S/C19H16F3N3O/c20-19(21,22)16-10-14(8-9-15(16)12-4-2-1-3-5-12)23-11-17-24-18(25-26-17)13-6-7-13/h1-5,8-10,13,23H,6-7,11H2. The van der Waals surface area contributed by atoms with Crippen LogP contribution in [0.15, 0.2) is 53.1 Å². The second-order valence-electron chi connectivity index (χ2n) is 6.30. The quantitative estimate of drug-likeness (QED) is 0.676. The molecule has 1 heterocycles. The molecule has 2 aromatic carbocycles. The average Bonchev–Trinajstić information content (AvgIpc) is 3.38. The molecule has 0 aliphatic heterocycles. The molecular weight excluding hydrogens is 343 g/mol. The monoisotopic (exact) mass is 359 g/mol. The number of anilines is 1. The minimum atomic E-state index is -4.45. The first kappa shape index (κ1) is 16.6. The normalized spacial score (nSPS) is 14.4. The Labute approximate surface area is 148 Å². The Morgan fingerprint density at radius 3 is 2.54 bits per heavy atom. The molecule has 26 heavy (non-hydrogen) atoms. The van der Waals surface area contributed by atoms with E-state index in [-0.39, 0.29) is 12.1 Å². The molecule has 0 saturated heterocycles. The molecular formula is C19H16F3N3O. The van der Waals surface area contributed by atoms with Gasteiger partial charge in [0.25, 0.3) is 0 Å². The van der Waals surface area contributed by atoms with Crippen LogP contribution in [0.1, 0.15) is 36.0 Å². The maximum Gasteiger partial charge on any atom is 0.417 e. The van der Waals surface area contributed by atoms with Crippen LogP contribution in [0.5, 0.6) is 0 Å². The fourth-order valence-electron chi connectivity index (χ4n) is 2.78. The molecule has 1 aliphatic rings. The largest absolute Gasteiger partial charge is 0.417 e. The zero-order valence-electron chi connectivity index (χ0n) is 13.8. The van der Waals surface area contributed by atoms with Gasteiger partial charge in [0.2, 0.25) is 5.89 Å². The molecule has 1 aromatic heterocycles. The third-order valence-corrected chi connectivity index (χ3v) is 4.28. The fraction of sp³-hybridized carbons (Fsp3) is 0.263. The van der Waals surface area contributed by atoms with Crippen molar-refractivity contribution in [3.8, 4) is 11.1 Å². The van der Waals surface area contributed by atoms with Gasteiger partial charge in [-0.3, -0.25) is 0 Å². The average molecular weight is 359 g/mol. The van der Waals surface area contributed by atoms with E-state index in [0.29, 0.717) is 28.9 Å². The molecule has 0 atom stereocenters. The lowest BCUT2D eigenvalue weighted by Gasteiger charge is -2.15. The Bertz CT molecular complexity index is 902. The molecule has 3 aromatic rings. The number of halogens is 3. The van der Waals surface area contributed by atoms with Crippen molar-refractivity contribution in [2.45, 2.75) is 31.5 Å². The first-order chi connectivity index (χ1) is 12.5. The molecule has 1 aliphatic carbocycles. The molecule has 134 valence electrons. The zero-order valence-corrected chi connectivity index (χ0v) is 13.8. The smallest absolute Gasteiger partial charge is 0.376 e. The van der Waals surface area contributed by atoms with Gasteiger partial charge in [-0.2, -0.15) is 18.2 Å².